The van der Waals surface area contributed by atoms with Crippen molar-refractivity contribution in [2.45, 2.75) is 57.0 Å². The molecule has 5 nitrogen and oxygen atoms in total. The number of aromatic nitrogens is 1. The molecule has 2 aromatic rings. The van der Waals surface area contributed by atoms with E-state index >= 15 is 0 Å². The Morgan fingerprint density at radius 2 is 1.79 bits per heavy atom. The second-order valence-corrected chi connectivity index (χ2v) is 9.03. The van der Waals surface area contributed by atoms with Crippen LogP contribution in [0.15, 0.2) is 36.7 Å². The van der Waals surface area contributed by atoms with Gasteiger partial charge in [0.15, 0.2) is 0 Å². The highest BCUT2D eigenvalue weighted by atomic mass is 16.1. The van der Waals surface area contributed by atoms with Crippen molar-refractivity contribution in [3.63, 3.8) is 0 Å². The van der Waals surface area contributed by atoms with Gasteiger partial charge in [0.1, 0.15) is 0 Å². The maximum absolute atomic E-state index is 12.2. The summed E-state index contributed by atoms with van der Waals surface area (Å²) in [6, 6.07) is 9.82. The molecule has 5 rings (SSSR count). The Morgan fingerprint density at radius 1 is 1.03 bits per heavy atom. The van der Waals surface area contributed by atoms with E-state index in [9.17, 15) is 4.79 Å². The number of anilines is 1. The van der Waals surface area contributed by atoms with Crippen molar-refractivity contribution >= 4 is 22.4 Å². The third kappa shape index (κ3) is 3.85. The van der Waals surface area contributed by atoms with Crippen LogP contribution < -0.4 is 10.2 Å². The topological polar surface area (TPSA) is 48.5 Å². The van der Waals surface area contributed by atoms with E-state index in [1.807, 2.05) is 12.4 Å². The van der Waals surface area contributed by atoms with Crippen LogP contribution in [0.4, 0.5) is 5.69 Å². The van der Waals surface area contributed by atoms with Crippen LogP contribution >= 0.6 is 0 Å². The molecule has 1 aliphatic carbocycles. The third-order valence-electron chi connectivity index (χ3n) is 7.24. The summed E-state index contributed by atoms with van der Waals surface area (Å²) in [4.78, 5) is 22.0. The molecule has 1 aromatic heterocycles. The summed E-state index contributed by atoms with van der Waals surface area (Å²) in [6.45, 7) is 4.09. The Labute approximate surface area is 173 Å². The maximum Gasteiger partial charge on any atom is 0.223 e. The minimum Gasteiger partial charge on any atom is -0.367 e. The van der Waals surface area contributed by atoms with Crippen molar-refractivity contribution in [3.8, 4) is 0 Å². The molecule has 0 radical (unpaired) electrons. The molecule has 3 aliphatic rings. The lowest BCUT2D eigenvalue weighted by molar-refractivity contribution is -0.124. The molecule has 1 aromatic carbocycles. The van der Waals surface area contributed by atoms with E-state index in [1.165, 1.54) is 42.1 Å². The molecular weight excluding hydrogens is 360 g/mol. The predicted octanol–water partition coefficient (Wildman–Crippen LogP) is 3.58. The number of nitrogens with one attached hydrogen (secondary N) is 1. The van der Waals surface area contributed by atoms with E-state index in [2.05, 4.69) is 44.4 Å². The average molecular weight is 393 g/mol. The third-order valence-corrected chi connectivity index (χ3v) is 7.24. The number of rotatable bonds is 6. The molecule has 2 bridgehead atoms. The van der Waals surface area contributed by atoms with Gasteiger partial charge in [-0.05, 0) is 32.1 Å². The summed E-state index contributed by atoms with van der Waals surface area (Å²) in [5, 5.41) is 5.72. The minimum absolute atomic E-state index is 0.282. The molecule has 154 valence electrons. The number of pyridine rings is 1. The van der Waals surface area contributed by atoms with Gasteiger partial charge < -0.3 is 10.2 Å². The first-order valence-electron chi connectivity index (χ1n) is 11.4. The molecule has 1 amide bonds. The van der Waals surface area contributed by atoms with Crippen LogP contribution in [0, 0.1) is 5.92 Å². The number of carbonyl (C=O) groups is 1. The molecule has 2 saturated heterocycles. The molecule has 2 aliphatic heterocycles. The standard InChI is InChI=1S/C24H32N4O/c29-24(18-6-1-2-7-18)26-12-5-13-28-20-10-11-21(28)17-27(16-20)23-15-25-14-19-8-3-4-9-22(19)23/h3-4,8-9,14-15,18,20-21H,1-2,5-7,10-13,16-17H2,(H,26,29). The molecule has 2 unspecified atom stereocenters. The summed E-state index contributed by atoms with van der Waals surface area (Å²) >= 11 is 0. The smallest absolute Gasteiger partial charge is 0.223 e. The molecule has 3 heterocycles. The van der Waals surface area contributed by atoms with Crippen LogP contribution in [0.2, 0.25) is 0 Å². The van der Waals surface area contributed by atoms with Crippen LogP contribution in [-0.4, -0.2) is 54.1 Å². The van der Waals surface area contributed by atoms with E-state index in [0.717, 1.165) is 45.4 Å². The van der Waals surface area contributed by atoms with Gasteiger partial charge in [-0.25, -0.2) is 0 Å². The Bertz CT molecular complexity index is 844. The molecule has 1 saturated carbocycles. The fraction of sp³-hybridized carbons (Fsp3) is 0.583. The van der Waals surface area contributed by atoms with Gasteiger partial charge in [-0.3, -0.25) is 14.7 Å². The van der Waals surface area contributed by atoms with Crippen molar-refractivity contribution in [2.75, 3.05) is 31.1 Å². The number of nitrogens with zero attached hydrogens (tertiary/aromatic N) is 3. The second kappa shape index (κ2) is 8.31. The van der Waals surface area contributed by atoms with E-state index < -0.39 is 0 Å². The summed E-state index contributed by atoms with van der Waals surface area (Å²) < 4.78 is 0. The van der Waals surface area contributed by atoms with Crippen LogP contribution in [-0.2, 0) is 4.79 Å². The summed E-state index contributed by atoms with van der Waals surface area (Å²) in [6.07, 6.45) is 12.2. The van der Waals surface area contributed by atoms with E-state index in [1.54, 1.807) is 0 Å². The molecule has 1 N–H and O–H groups in total. The lowest BCUT2D eigenvalue weighted by Gasteiger charge is -2.42. The monoisotopic (exact) mass is 392 g/mol. The number of fused-ring (bicyclic) bond motifs is 3. The molecule has 29 heavy (non-hydrogen) atoms. The number of benzene rings is 1. The van der Waals surface area contributed by atoms with Gasteiger partial charge in [0.2, 0.25) is 5.91 Å². The summed E-state index contributed by atoms with van der Waals surface area (Å²) in [7, 11) is 0. The average Bonchev–Trinajstić information content (AvgIpc) is 3.37. The fourth-order valence-corrected chi connectivity index (χ4v) is 5.71. The molecule has 2 atom stereocenters. The van der Waals surface area contributed by atoms with Crippen molar-refractivity contribution in [1.29, 1.82) is 0 Å². The second-order valence-electron chi connectivity index (χ2n) is 9.03. The van der Waals surface area contributed by atoms with Gasteiger partial charge in [-0.15, -0.1) is 0 Å². The highest BCUT2D eigenvalue weighted by molar-refractivity contribution is 5.93. The Kier molecular flexibility index (Phi) is 5.40. The van der Waals surface area contributed by atoms with Crippen LogP contribution in [0.5, 0.6) is 0 Å². The normalized spacial score (nSPS) is 25.0. The highest BCUT2D eigenvalue weighted by Gasteiger charge is 2.39. The quantitative estimate of drug-likeness (QED) is 0.764. The lowest BCUT2D eigenvalue weighted by Crippen LogP contribution is -2.54. The Hall–Kier alpha value is -2.14. The van der Waals surface area contributed by atoms with E-state index in [4.69, 9.17) is 0 Å². The Morgan fingerprint density at radius 3 is 2.59 bits per heavy atom. The first kappa shape index (κ1) is 18.9. The first-order chi connectivity index (χ1) is 14.3. The van der Waals surface area contributed by atoms with Gasteiger partial charge in [-0.1, -0.05) is 37.1 Å². The minimum atomic E-state index is 0.282. The molecule has 5 heteroatoms. The molecule has 0 spiro atoms. The Balaban J connectivity index is 1.17. The van der Waals surface area contributed by atoms with Crippen molar-refractivity contribution < 1.29 is 4.79 Å². The maximum atomic E-state index is 12.2. The highest BCUT2D eigenvalue weighted by Crippen LogP contribution is 2.35. The van der Waals surface area contributed by atoms with Crippen molar-refractivity contribution in [3.05, 3.63) is 36.7 Å². The zero-order valence-electron chi connectivity index (χ0n) is 17.2. The first-order valence-corrected chi connectivity index (χ1v) is 11.4. The number of hydrogen-bond donors (Lipinski definition) is 1. The van der Waals surface area contributed by atoms with Gasteiger partial charge in [0.25, 0.3) is 0 Å². The number of carbonyl (C=O) groups excluding carboxylic acids is 1. The van der Waals surface area contributed by atoms with Gasteiger partial charge in [0, 0.05) is 61.1 Å². The van der Waals surface area contributed by atoms with E-state index in [0.29, 0.717) is 18.0 Å². The number of piperazine rings is 1. The van der Waals surface area contributed by atoms with Crippen molar-refractivity contribution in [2.24, 2.45) is 5.92 Å². The van der Waals surface area contributed by atoms with Crippen LogP contribution in [0.1, 0.15) is 44.9 Å². The van der Waals surface area contributed by atoms with Gasteiger partial charge in [0.05, 0.1) is 11.9 Å². The fourth-order valence-electron chi connectivity index (χ4n) is 5.71. The van der Waals surface area contributed by atoms with Crippen LogP contribution in [0.3, 0.4) is 0 Å². The summed E-state index contributed by atoms with van der Waals surface area (Å²) in [5.74, 6) is 0.572. The summed E-state index contributed by atoms with van der Waals surface area (Å²) in [5.41, 5.74) is 1.28. The number of amides is 1. The predicted molar refractivity (Wildman–Crippen MR) is 117 cm³/mol. The SMILES string of the molecule is O=C(NCCCN1C2CCC1CN(c1cncc3ccccc13)C2)C1CCCC1. The lowest BCUT2D eigenvalue weighted by atomic mass is 10.1. The zero-order valence-corrected chi connectivity index (χ0v) is 17.2. The van der Waals surface area contributed by atoms with Crippen LogP contribution in [0.25, 0.3) is 10.8 Å². The molecule has 3 fully saturated rings. The molecular formula is C24H32N4O. The number of hydrogen-bond acceptors (Lipinski definition) is 4. The zero-order chi connectivity index (χ0) is 19.6. The van der Waals surface area contributed by atoms with Crippen molar-refractivity contribution in [1.82, 2.24) is 15.2 Å². The van der Waals surface area contributed by atoms with Gasteiger partial charge >= 0.3 is 0 Å². The van der Waals surface area contributed by atoms with Gasteiger partial charge in [-0.2, -0.15) is 0 Å². The largest absolute Gasteiger partial charge is 0.367 e. The van der Waals surface area contributed by atoms with E-state index in [-0.39, 0.29) is 5.92 Å².